The zero-order chi connectivity index (χ0) is 14.6. The molecule has 0 radical (unpaired) electrons. The zero-order valence-electron chi connectivity index (χ0n) is 11.1. The molecule has 0 fully saturated rings. The number of hydrogen-bond donors (Lipinski definition) is 0. The number of halogens is 1. The van der Waals surface area contributed by atoms with Gasteiger partial charge >= 0.3 is 11.7 Å². The molecular formula is C13H16FNO4. The molecule has 0 aliphatic heterocycles. The Kier molecular flexibility index (Phi) is 4.97. The van der Waals surface area contributed by atoms with Gasteiger partial charge in [0.2, 0.25) is 5.82 Å². The largest absolute Gasteiger partial charge is 0.459 e. The number of benzene rings is 1. The monoisotopic (exact) mass is 269 g/mol. The van der Waals surface area contributed by atoms with E-state index in [1.54, 1.807) is 6.92 Å². The van der Waals surface area contributed by atoms with Gasteiger partial charge in [0.05, 0.1) is 16.6 Å². The van der Waals surface area contributed by atoms with Gasteiger partial charge in [-0.3, -0.25) is 10.1 Å². The molecule has 1 atom stereocenters. The Morgan fingerprint density at radius 2 is 2.05 bits per heavy atom. The van der Waals surface area contributed by atoms with Crippen molar-refractivity contribution in [1.82, 2.24) is 0 Å². The predicted octanol–water partition coefficient (Wildman–Crippen LogP) is 3.33. The molecule has 1 aromatic carbocycles. The topological polar surface area (TPSA) is 69.4 Å². The lowest BCUT2D eigenvalue weighted by Crippen LogP contribution is -2.17. The molecule has 0 saturated heterocycles. The van der Waals surface area contributed by atoms with Crippen LogP contribution in [-0.2, 0) is 4.74 Å². The SMILES string of the molecule is CC(C)CC(C)OC(=O)c1ccc([N+](=O)[O-])c(F)c1. The van der Waals surface area contributed by atoms with Crippen molar-refractivity contribution in [1.29, 1.82) is 0 Å². The maximum atomic E-state index is 13.4. The van der Waals surface area contributed by atoms with Crippen molar-refractivity contribution in [3.05, 3.63) is 39.7 Å². The lowest BCUT2D eigenvalue weighted by Gasteiger charge is -2.15. The van der Waals surface area contributed by atoms with E-state index in [4.69, 9.17) is 4.74 Å². The quantitative estimate of drug-likeness (QED) is 0.467. The van der Waals surface area contributed by atoms with Crippen LogP contribution in [-0.4, -0.2) is 17.0 Å². The molecule has 5 nitrogen and oxygen atoms in total. The van der Waals surface area contributed by atoms with Crippen molar-refractivity contribution in [2.75, 3.05) is 0 Å². The van der Waals surface area contributed by atoms with Crippen molar-refractivity contribution in [3.8, 4) is 0 Å². The standard InChI is InChI=1S/C13H16FNO4/c1-8(2)6-9(3)19-13(16)10-4-5-12(15(17)18)11(14)7-10/h4-5,7-9H,6H2,1-3H3. The van der Waals surface area contributed by atoms with E-state index in [9.17, 15) is 19.3 Å². The highest BCUT2D eigenvalue weighted by Crippen LogP contribution is 2.19. The third kappa shape index (κ3) is 4.31. The van der Waals surface area contributed by atoms with Crippen LogP contribution in [0.5, 0.6) is 0 Å². The van der Waals surface area contributed by atoms with E-state index in [1.807, 2.05) is 13.8 Å². The summed E-state index contributed by atoms with van der Waals surface area (Å²) in [5.74, 6) is -1.35. The molecule has 0 N–H and O–H groups in total. The van der Waals surface area contributed by atoms with Crippen LogP contribution in [0.2, 0.25) is 0 Å². The van der Waals surface area contributed by atoms with Crippen LogP contribution >= 0.6 is 0 Å². The Morgan fingerprint density at radius 3 is 2.53 bits per heavy atom. The smallest absolute Gasteiger partial charge is 0.338 e. The van der Waals surface area contributed by atoms with Gasteiger partial charge in [0.25, 0.3) is 0 Å². The van der Waals surface area contributed by atoms with Crippen molar-refractivity contribution >= 4 is 11.7 Å². The fourth-order valence-corrected chi connectivity index (χ4v) is 1.74. The highest BCUT2D eigenvalue weighted by molar-refractivity contribution is 5.89. The molecule has 0 aliphatic carbocycles. The number of nitrogens with zero attached hydrogens (tertiary/aromatic N) is 1. The Morgan fingerprint density at radius 1 is 1.42 bits per heavy atom. The van der Waals surface area contributed by atoms with E-state index < -0.39 is 22.4 Å². The summed E-state index contributed by atoms with van der Waals surface area (Å²) in [6.07, 6.45) is 0.409. The van der Waals surface area contributed by atoms with E-state index in [0.717, 1.165) is 12.1 Å². The van der Waals surface area contributed by atoms with Gasteiger partial charge in [0.15, 0.2) is 0 Å². The summed E-state index contributed by atoms with van der Waals surface area (Å²) in [5.41, 5.74) is -0.689. The molecule has 1 rings (SSSR count). The lowest BCUT2D eigenvalue weighted by atomic mass is 10.1. The van der Waals surface area contributed by atoms with E-state index in [1.165, 1.54) is 6.07 Å². The summed E-state index contributed by atoms with van der Waals surface area (Å²) in [7, 11) is 0. The molecule has 0 spiro atoms. The van der Waals surface area contributed by atoms with Crippen molar-refractivity contribution in [2.45, 2.75) is 33.3 Å². The number of hydrogen-bond acceptors (Lipinski definition) is 4. The van der Waals surface area contributed by atoms with Gasteiger partial charge < -0.3 is 4.74 Å². The van der Waals surface area contributed by atoms with Crippen LogP contribution in [0.25, 0.3) is 0 Å². The summed E-state index contributed by atoms with van der Waals surface area (Å²) in [6.45, 7) is 5.74. The van der Waals surface area contributed by atoms with Gasteiger partial charge in [-0.1, -0.05) is 13.8 Å². The fraction of sp³-hybridized carbons (Fsp3) is 0.462. The highest BCUT2D eigenvalue weighted by Gasteiger charge is 2.19. The minimum atomic E-state index is -1.05. The van der Waals surface area contributed by atoms with Gasteiger partial charge in [0.1, 0.15) is 0 Å². The normalized spacial score (nSPS) is 12.3. The molecular weight excluding hydrogens is 253 g/mol. The van der Waals surface area contributed by atoms with Crippen LogP contribution in [0.3, 0.4) is 0 Å². The summed E-state index contributed by atoms with van der Waals surface area (Å²) in [6, 6.07) is 2.97. The minimum absolute atomic E-state index is 0.0290. The van der Waals surface area contributed by atoms with Crippen molar-refractivity contribution in [3.63, 3.8) is 0 Å². The Balaban J connectivity index is 2.78. The molecule has 0 saturated carbocycles. The maximum Gasteiger partial charge on any atom is 0.338 e. The van der Waals surface area contributed by atoms with Crippen molar-refractivity contribution < 1.29 is 18.8 Å². The summed E-state index contributed by atoms with van der Waals surface area (Å²) >= 11 is 0. The highest BCUT2D eigenvalue weighted by atomic mass is 19.1. The van der Waals surface area contributed by atoms with E-state index in [0.29, 0.717) is 12.3 Å². The van der Waals surface area contributed by atoms with Gasteiger partial charge in [-0.25, -0.2) is 4.79 Å². The first kappa shape index (κ1) is 15.1. The lowest BCUT2D eigenvalue weighted by molar-refractivity contribution is -0.387. The van der Waals surface area contributed by atoms with Gasteiger partial charge in [0, 0.05) is 6.07 Å². The van der Waals surface area contributed by atoms with E-state index >= 15 is 0 Å². The van der Waals surface area contributed by atoms with E-state index in [-0.39, 0.29) is 11.7 Å². The molecule has 19 heavy (non-hydrogen) atoms. The average Bonchev–Trinajstić information content (AvgIpc) is 2.26. The number of esters is 1. The molecule has 0 heterocycles. The molecule has 0 aliphatic rings. The molecule has 0 bridgehead atoms. The molecule has 0 amide bonds. The second-order valence-electron chi connectivity index (χ2n) is 4.77. The minimum Gasteiger partial charge on any atom is -0.459 e. The first-order valence-corrected chi connectivity index (χ1v) is 5.96. The molecule has 104 valence electrons. The average molecular weight is 269 g/mol. The summed E-state index contributed by atoms with van der Waals surface area (Å²) in [4.78, 5) is 21.3. The van der Waals surface area contributed by atoms with Gasteiger partial charge in [-0.05, 0) is 31.4 Å². The first-order valence-electron chi connectivity index (χ1n) is 5.96. The van der Waals surface area contributed by atoms with Crippen LogP contribution in [0.4, 0.5) is 10.1 Å². The van der Waals surface area contributed by atoms with Crippen LogP contribution < -0.4 is 0 Å². The molecule has 6 heteroatoms. The number of nitro groups is 1. The third-order valence-corrected chi connectivity index (χ3v) is 2.49. The van der Waals surface area contributed by atoms with Crippen LogP contribution in [0.1, 0.15) is 37.6 Å². The second kappa shape index (κ2) is 6.26. The first-order chi connectivity index (χ1) is 8.81. The van der Waals surface area contributed by atoms with Crippen LogP contribution in [0.15, 0.2) is 18.2 Å². The second-order valence-corrected chi connectivity index (χ2v) is 4.77. The number of carbonyl (C=O) groups excluding carboxylic acids is 1. The summed E-state index contributed by atoms with van der Waals surface area (Å²) < 4.78 is 18.5. The Bertz CT molecular complexity index is 488. The fourth-order valence-electron chi connectivity index (χ4n) is 1.74. The maximum absolute atomic E-state index is 13.4. The predicted molar refractivity (Wildman–Crippen MR) is 67.4 cm³/mol. The third-order valence-electron chi connectivity index (χ3n) is 2.49. The van der Waals surface area contributed by atoms with Crippen molar-refractivity contribution in [2.24, 2.45) is 5.92 Å². The number of rotatable bonds is 5. The zero-order valence-corrected chi connectivity index (χ0v) is 11.1. The van der Waals surface area contributed by atoms with Gasteiger partial charge in [-0.2, -0.15) is 4.39 Å². The number of carbonyl (C=O) groups is 1. The van der Waals surface area contributed by atoms with Crippen LogP contribution in [0, 0.1) is 21.8 Å². The Labute approximate surface area is 110 Å². The van der Waals surface area contributed by atoms with Gasteiger partial charge in [-0.15, -0.1) is 0 Å². The molecule has 1 unspecified atom stereocenters. The van der Waals surface area contributed by atoms with E-state index in [2.05, 4.69) is 0 Å². The Hall–Kier alpha value is -1.98. The molecule has 1 aromatic rings. The summed E-state index contributed by atoms with van der Waals surface area (Å²) in [5, 5.41) is 10.5. The number of nitro benzene ring substituents is 1. The molecule has 0 aromatic heterocycles. The number of ether oxygens (including phenoxy) is 1.